The summed E-state index contributed by atoms with van der Waals surface area (Å²) in [7, 11) is 0. The van der Waals surface area contributed by atoms with Crippen molar-refractivity contribution >= 4 is 17.7 Å². The average Bonchev–Trinajstić information content (AvgIpc) is 3.27. The van der Waals surface area contributed by atoms with Crippen LogP contribution in [-0.4, -0.2) is 19.5 Å². The van der Waals surface area contributed by atoms with Crippen molar-refractivity contribution in [2.45, 2.75) is 0 Å². The second-order valence-electron chi connectivity index (χ2n) is 5.30. The highest BCUT2D eigenvalue weighted by Gasteiger charge is 2.17. The van der Waals surface area contributed by atoms with Crippen LogP contribution in [-0.2, 0) is 4.79 Å². The van der Waals surface area contributed by atoms with Gasteiger partial charge in [0.25, 0.3) is 5.91 Å². The largest absolute Gasteiger partial charge is 0.454 e. The molecule has 2 aliphatic rings. The number of nitrogens with zero attached hydrogens (tertiary/aromatic N) is 1. The molecule has 1 amide bonds. The topological polar surface area (TPSA) is 89.8 Å². The normalized spacial score (nSPS) is 14.1. The number of fused-ring (bicyclic) bond motifs is 2. The van der Waals surface area contributed by atoms with Gasteiger partial charge < -0.3 is 24.3 Å². The molecule has 0 radical (unpaired) electrons. The average molecular weight is 336 g/mol. The first-order valence-corrected chi connectivity index (χ1v) is 7.45. The number of rotatable bonds is 3. The molecular weight excluding hydrogens is 324 g/mol. The van der Waals surface area contributed by atoms with Crippen molar-refractivity contribution in [3.8, 4) is 29.1 Å². The summed E-state index contributed by atoms with van der Waals surface area (Å²) in [6, 6.07) is 12.1. The van der Waals surface area contributed by atoms with Gasteiger partial charge in [0.1, 0.15) is 11.6 Å². The molecule has 0 bridgehead atoms. The Kier molecular flexibility index (Phi) is 3.63. The van der Waals surface area contributed by atoms with Crippen LogP contribution < -0.4 is 24.3 Å². The van der Waals surface area contributed by atoms with Crippen molar-refractivity contribution in [2.24, 2.45) is 0 Å². The van der Waals surface area contributed by atoms with E-state index < -0.39 is 5.91 Å². The molecule has 7 nitrogen and oxygen atoms in total. The highest BCUT2D eigenvalue weighted by molar-refractivity contribution is 6.09. The van der Waals surface area contributed by atoms with Crippen LogP contribution in [0.2, 0.25) is 0 Å². The van der Waals surface area contributed by atoms with Crippen molar-refractivity contribution in [3.05, 3.63) is 47.5 Å². The molecule has 0 fully saturated rings. The summed E-state index contributed by atoms with van der Waals surface area (Å²) in [5.41, 5.74) is 1.15. The number of amides is 1. The van der Waals surface area contributed by atoms with E-state index in [1.54, 1.807) is 36.4 Å². The summed E-state index contributed by atoms with van der Waals surface area (Å²) in [5.74, 6) is 1.88. The van der Waals surface area contributed by atoms with Gasteiger partial charge in [-0.25, -0.2) is 0 Å². The third-order valence-electron chi connectivity index (χ3n) is 3.70. The first-order valence-electron chi connectivity index (χ1n) is 7.45. The molecule has 0 spiro atoms. The van der Waals surface area contributed by atoms with Crippen LogP contribution in [0.4, 0.5) is 5.69 Å². The lowest BCUT2D eigenvalue weighted by molar-refractivity contribution is -0.112. The minimum Gasteiger partial charge on any atom is -0.454 e. The Bertz CT molecular complexity index is 930. The standard InChI is InChI=1S/C18H12N2O5/c19-8-12(5-11-1-3-14-16(6-11)24-9-22-14)18(21)20-13-2-4-15-17(7-13)25-10-23-15/h1-7H,9-10H2,(H,20,21)/b12-5+. The van der Waals surface area contributed by atoms with Gasteiger partial charge in [-0.15, -0.1) is 0 Å². The van der Waals surface area contributed by atoms with Crippen LogP contribution >= 0.6 is 0 Å². The molecule has 0 unspecified atom stereocenters. The molecule has 4 rings (SSSR count). The number of nitriles is 1. The van der Waals surface area contributed by atoms with E-state index in [0.717, 1.165) is 0 Å². The number of benzene rings is 2. The monoisotopic (exact) mass is 336 g/mol. The van der Waals surface area contributed by atoms with Crippen LogP contribution in [0.25, 0.3) is 6.08 Å². The zero-order valence-electron chi connectivity index (χ0n) is 12.9. The molecule has 0 aliphatic carbocycles. The van der Waals surface area contributed by atoms with Gasteiger partial charge in [0, 0.05) is 11.8 Å². The zero-order valence-corrected chi connectivity index (χ0v) is 12.9. The summed E-state index contributed by atoms with van der Waals surface area (Å²) in [6.45, 7) is 0.318. The summed E-state index contributed by atoms with van der Waals surface area (Å²) >= 11 is 0. The van der Waals surface area contributed by atoms with Gasteiger partial charge >= 0.3 is 0 Å². The fourth-order valence-corrected chi connectivity index (χ4v) is 2.49. The van der Waals surface area contributed by atoms with Gasteiger partial charge in [-0.05, 0) is 35.9 Å². The summed E-state index contributed by atoms with van der Waals surface area (Å²) in [4.78, 5) is 12.4. The fourth-order valence-electron chi connectivity index (χ4n) is 2.49. The Labute approximate surface area is 143 Å². The molecule has 0 atom stereocenters. The summed E-state index contributed by atoms with van der Waals surface area (Å²) < 4.78 is 21.0. The predicted molar refractivity (Wildman–Crippen MR) is 87.3 cm³/mol. The first kappa shape index (κ1) is 14.9. The molecule has 2 aromatic rings. The van der Waals surface area contributed by atoms with Crippen molar-refractivity contribution in [1.82, 2.24) is 0 Å². The number of carbonyl (C=O) groups excluding carboxylic acids is 1. The molecule has 0 aromatic heterocycles. The number of nitrogens with one attached hydrogen (secondary N) is 1. The molecule has 7 heteroatoms. The molecular formula is C18H12N2O5. The fraction of sp³-hybridized carbons (Fsp3) is 0.111. The van der Waals surface area contributed by atoms with Crippen molar-refractivity contribution in [2.75, 3.05) is 18.9 Å². The maximum atomic E-state index is 12.4. The Morgan fingerprint density at radius 3 is 2.32 bits per heavy atom. The van der Waals surface area contributed by atoms with Gasteiger partial charge in [0.2, 0.25) is 13.6 Å². The Morgan fingerprint density at radius 1 is 0.960 bits per heavy atom. The van der Waals surface area contributed by atoms with Crippen molar-refractivity contribution in [1.29, 1.82) is 5.26 Å². The minimum atomic E-state index is -0.515. The maximum absolute atomic E-state index is 12.4. The number of hydrogen-bond acceptors (Lipinski definition) is 6. The third kappa shape index (κ3) is 2.93. The SMILES string of the molecule is N#C/C(=C\c1ccc2c(c1)OCO2)C(=O)Nc1ccc2c(c1)OCO2. The lowest BCUT2D eigenvalue weighted by Gasteiger charge is -2.05. The third-order valence-corrected chi connectivity index (χ3v) is 3.70. The Balaban J connectivity index is 1.54. The van der Waals surface area contributed by atoms with E-state index in [9.17, 15) is 10.1 Å². The highest BCUT2D eigenvalue weighted by Crippen LogP contribution is 2.35. The van der Waals surface area contributed by atoms with Gasteiger partial charge in [0.15, 0.2) is 23.0 Å². The van der Waals surface area contributed by atoms with E-state index in [-0.39, 0.29) is 19.2 Å². The number of hydrogen-bond donors (Lipinski definition) is 1. The second-order valence-corrected chi connectivity index (χ2v) is 5.30. The van der Waals surface area contributed by atoms with Crippen LogP contribution in [0.3, 0.4) is 0 Å². The van der Waals surface area contributed by atoms with Crippen LogP contribution in [0.5, 0.6) is 23.0 Å². The molecule has 0 saturated carbocycles. The van der Waals surface area contributed by atoms with Gasteiger partial charge in [-0.3, -0.25) is 4.79 Å². The van der Waals surface area contributed by atoms with Gasteiger partial charge in [0.05, 0.1) is 0 Å². The van der Waals surface area contributed by atoms with E-state index in [0.29, 0.717) is 34.2 Å². The Hall–Kier alpha value is -3.66. The van der Waals surface area contributed by atoms with Gasteiger partial charge in [-0.2, -0.15) is 5.26 Å². The number of ether oxygens (including phenoxy) is 4. The first-order chi connectivity index (χ1) is 12.2. The zero-order chi connectivity index (χ0) is 17.2. The van der Waals surface area contributed by atoms with E-state index in [1.165, 1.54) is 6.08 Å². The van der Waals surface area contributed by atoms with E-state index in [2.05, 4.69) is 5.32 Å². The van der Waals surface area contributed by atoms with Gasteiger partial charge in [-0.1, -0.05) is 6.07 Å². The number of anilines is 1. The summed E-state index contributed by atoms with van der Waals surface area (Å²) in [5, 5.41) is 12.0. The summed E-state index contributed by atoms with van der Waals surface area (Å²) in [6.07, 6.45) is 1.49. The highest BCUT2D eigenvalue weighted by atomic mass is 16.7. The van der Waals surface area contributed by atoms with E-state index in [4.69, 9.17) is 18.9 Å². The molecule has 25 heavy (non-hydrogen) atoms. The quantitative estimate of drug-likeness (QED) is 0.685. The molecule has 1 N–H and O–H groups in total. The molecule has 124 valence electrons. The van der Waals surface area contributed by atoms with Crippen LogP contribution in [0.15, 0.2) is 42.0 Å². The molecule has 2 aromatic carbocycles. The predicted octanol–water partition coefficient (Wildman–Crippen LogP) is 2.69. The lowest BCUT2D eigenvalue weighted by atomic mass is 10.1. The van der Waals surface area contributed by atoms with Crippen LogP contribution in [0.1, 0.15) is 5.56 Å². The van der Waals surface area contributed by atoms with Crippen LogP contribution in [0, 0.1) is 11.3 Å². The molecule has 0 saturated heterocycles. The molecule has 2 aliphatic heterocycles. The second kappa shape index (κ2) is 6.09. The van der Waals surface area contributed by atoms with E-state index in [1.807, 2.05) is 6.07 Å². The van der Waals surface area contributed by atoms with Crippen molar-refractivity contribution in [3.63, 3.8) is 0 Å². The Morgan fingerprint density at radius 2 is 1.60 bits per heavy atom. The smallest absolute Gasteiger partial charge is 0.266 e. The lowest BCUT2D eigenvalue weighted by Crippen LogP contribution is -2.13. The van der Waals surface area contributed by atoms with Crippen molar-refractivity contribution < 1.29 is 23.7 Å². The number of carbonyl (C=O) groups is 1. The maximum Gasteiger partial charge on any atom is 0.266 e. The van der Waals surface area contributed by atoms with E-state index >= 15 is 0 Å². The molecule has 2 heterocycles. The minimum absolute atomic E-state index is 0.0310.